The van der Waals surface area contributed by atoms with Crippen molar-refractivity contribution < 1.29 is 17.6 Å². The molecule has 3 aromatic rings. The molecule has 0 aliphatic heterocycles. The number of nitrogens with zero attached hydrogens (tertiary/aromatic N) is 2. The molecule has 0 saturated heterocycles. The summed E-state index contributed by atoms with van der Waals surface area (Å²) in [6, 6.07) is 15.7. The Bertz CT molecular complexity index is 1060. The van der Waals surface area contributed by atoms with Gasteiger partial charge in [-0.1, -0.05) is 36.4 Å². The highest BCUT2D eigenvalue weighted by atomic mass is 32.2. The third-order valence-corrected chi connectivity index (χ3v) is 5.89. The van der Waals surface area contributed by atoms with Gasteiger partial charge in [-0.05, 0) is 18.2 Å². The second kappa shape index (κ2) is 8.37. The predicted octanol–water partition coefficient (Wildman–Crippen LogP) is 3.16. The zero-order valence-corrected chi connectivity index (χ0v) is 16.4. The van der Waals surface area contributed by atoms with Gasteiger partial charge in [-0.2, -0.15) is 0 Å². The summed E-state index contributed by atoms with van der Waals surface area (Å²) in [5, 5.41) is 2.71. The lowest BCUT2D eigenvalue weighted by Crippen LogP contribution is -2.22. The molecule has 2 aromatic carbocycles. The maximum Gasteiger partial charge on any atom is 0.242 e. The number of nitrogens with one attached hydrogen (secondary N) is 1. The molecule has 0 spiro atoms. The number of hydrogen-bond acceptors (Lipinski definition) is 5. The summed E-state index contributed by atoms with van der Waals surface area (Å²) in [7, 11) is -0.639. The maximum absolute atomic E-state index is 12.2. The molecule has 146 valence electrons. The van der Waals surface area contributed by atoms with Crippen molar-refractivity contribution in [2.75, 3.05) is 19.4 Å². The van der Waals surface area contributed by atoms with Gasteiger partial charge in [0.05, 0.1) is 11.1 Å². The number of sulfonamides is 1. The molecule has 1 amide bonds. The van der Waals surface area contributed by atoms with Gasteiger partial charge in [0, 0.05) is 38.2 Å². The van der Waals surface area contributed by atoms with Crippen LogP contribution >= 0.6 is 0 Å². The molecule has 0 unspecified atom stereocenters. The average Bonchev–Trinajstić information content (AvgIpc) is 3.16. The summed E-state index contributed by atoms with van der Waals surface area (Å²) in [4.78, 5) is 16.5. The summed E-state index contributed by atoms with van der Waals surface area (Å²) in [6.45, 7) is 0. The summed E-state index contributed by atoms with van der Waals surface area (Å²) < 4.78 is 31.2. The number of rotatable bonds is 7. The number of aryl methyl sites for hydroxylation is 1. The zero-order chi connectivity index (χ0) is 20.1. The van der Waals surface area contributed by atoms with E-state index in [2.05, 4.69) is 10.3 Å². The van der Waals surface area contributed by atoms with E-state index in [4.69, 9.17) is 4.42 Å². The largest absolute Gasteiger partial charge is 0.441 e. The quantitative estimate of drug-likeness (QED) is 0.659. The molecule has 0 atom stereocenters. The Morgan fingerprint density at radius 3 is 2.57 bits per heavy atom. The van der Waals surface area contributed by atoms with Crippen LogP contribution in [0.4, 0.5) is 5.69 Å². The number of aromatic nitrogens is 1. The average molecular weight is 399 g/mol. The maximum atomic E-state index is 12.2. The number of hydrogen-bond donors (Lipinski definition) is 1. The van der Waals surface area contributed by atoms with Gasteiger partial charge in [-0.15, -0.1) is 0 Å². The second-order valence-corrected chi connectivity index (χ2v) is 8.50. The van der Waals surface area contributed by atoms with Crippen LogP contribution < -0.4 is 5.32 Å². The molecular formula is C20H21N3O4S. The van der Waals surface area contributed by atoms with E-state index in [0.29, 0.717) is 23.8 Å². The van der Waals surface area contributed by atoms with E-state index in [-0.39, 0.29) is 17.2 Å². The van der Waals surface area contributed by atoms with Gasteiger partial charge in [0.25, 0.3) is 0 Å². The lowest BCUT2D eigenvalue weighted by Gasteiger charge is -2.12. The fourth-order valence-corrected chi connectivity index (χ4v) is 3.50. The van der Waals surface area contributed by atoms with Crippen LogP contribution in [0.5, 0.6) is 0 Å². The topological polar surface area (TPSA) is 92.5 Å². The van der Waals surface area contributed by atoms with Crippen molar-refractivity contribution in [2.45, 2.75) is 17.7 Å². The van der Waals surface area contributed by atoms with Gasteiger partial charge in [0.15, 0.2) is 11.7 Å². The highest BCUT2D eigenvalue weighted by Gasteiger charge is 2.17. The van der Waals surface area contributed by atoms with E-state index < -0.39 is 10.0 Å². The van der Waals surface area contributed by atoms with Crippen LogP contribution in [0.25, 0.3) is 11.3 Å². The molecule has 28 heavy (non-hydrogen) atoms. The van der Waals surface area contributed by atoms with Crippen molar-refractivity contribution in [1.82, 2.24) is 9.29 Å². The monoisotopic (exact) mass is 399 g/mol. The number of amides is 1. The van der Waals surface area contributed by atoms with Gasteiger partial charge in [-0.25, -0.2) is 17.7 Å². The third-order valence-electron chi connectivity index (χ3n) is 4.07. The van der Waals surface area contributed by atoms with E-state index in [0.717, 1.165) is 9.87 Å². The molecule has 0 bridgehead atoms. The highest BCUT2D eigenvalue weighted by molar-refractivity contribution is 7.89. The Kier molecular flexibility index (Phi) is 5.91. The number of carbonyl (C=O) groups is 1. The Balaban J connectivity index is 1.60. The van der Waals surface area contributed by atoms with E-state index in [1.165, 1.54) is 26.2 Å². The molecule has 0 saturated carbocycles. The molecule has 0 radical (unpaired) electrons. The van der Waals surface area contributed by atoms with Gasteiger partial charge in [0.2, 0.25) is 15.9 Å². The first-order valence-electron chi connectivity index (χ1n) is 8.69. The summed E-state index contributed by atoms with van der Waals surface area (Å²) in [5.74, 6) is 0.870. The SMILES string of the molecule is CN(C)S(=O)(=O)c1cccc(NC(=O)CCc2ncc(-c3ccccc3)o2)c1. The van der Waals surface area contributed by atoms with Crippen LogP contribution in [-0.2, 0) is 21.2 Å². The van der Waals surface area contributed by atoms with Crippen LogP contribution in [-0.4, -0.2) is 37.7 Å². The van der Waals surface area contributed by atoms with Crippen molar-refractivity contribution >= 4 is 21.6 Å². The van der Waals surface area contributed by atoms with Gasteiger partial charge < -0.3 is 9.73 Å². The lowest BCUT2D eigenvalue weighted by molar-refractivity contribution is -0.116. The first-order valence-corrected chi connectivity index (χ1v) is 10.1. The fourth-order valence-electron chi connectivity index (χ4n) is 2.55. The smallest absolute Gasteiger partial charge is 0.242 e. The molecule has 1 heterocycles. The summed E-state index contributed by atoms with van der Waals surface area (Å²) in [6.07, 6.45) is 2.14. The van der Waals surface area contributed by atoms with Crippen molar-refractivity contribution in [3.05, 3.63) is 66.7 Å². The number of benzene rings is 2. The second-order valence-electron chi connectivity index (χ2n) is 6.35. The third kappa shape index (κ3) is 4.65. The molecular weight excluding hydrogens is 378 g/mol. The van der Waals surface area contributed by atoms with Crippen molar-refractivity contribution in [1.29, 1.82) is 0 Å². The Hall–Kier alpha value is -2.97. The minimum absolute atomic E-state index is 0.121. The van der Waals surface area contributed by atoms with Crippen molar-refractivity contribution in [3.8, 4) is 11.3 Å². The van der Waals surface area contributed by atoms with E-state index >= 15 is 0 Å². The number of oxazole rings is 1. The van der Waals surface area contributed by atoms with Crippen molar-refractivity contribution in [2.24, 2.45) is 0 Å². The Morgan fingerprint density at radius 2 is 1.86 bits per heavy atom. The molecule has 3 rings (SSSR count). The van der Waals surface area contributed by atoms with E-state index in [1.54, 1.807) is 18.3 Å². The van der Waals surface area contributed by atoms with Gasteiger partial charge >= 0.3 is 0 Å². The predicted molar refractivity (Wildman–Crippen MR) is 106 cm³/mol. The first-order chi connectivity index (χ1) is 13.4. The molecule has 1 aromatic heterocycles. The summed E-state index contributed by atoms with van der Waals surface area (Å²) in [5.41, 5.74) is 1.34. The van der Waals surface area contributed by atoms with Crippen LogP contribution in [0.15, 0.2) is 70.1 Å². The minimum Gasteiger partial charge on any atom is -0.441 e. The minimum atomic E-state index is -3.56. The zero-order valence-electron chi connectivity index (χ0n) is 15.6. The molecule has 0 aliphatic carbocycles. The Labute approximate surface area is 164 Å². The highest BCUT2D eigenvalue weighted by Crippen LogP contribution is 2.21. The van der Waals surface area contributed by atoms with Gasteiger partial charge in [-0.3, -0.25) is 4.79 Å². The molecule has 0 fully saturated rings. The molecule has 7 nitrogen and oxygen atoms in total. The van der Waals surface area contributed by atoms with E-state index in [1.807, 2.05) is 30.3 Å². The lowest BCUT2D eigenvalue weighted by atomic mass is 10.2. The van der Waals surface area contributed by atoms with E-state index in [9.17, 15) is 13.2 Å². The summed E-state index contributed by atoms with van der Waals surface area (Å²) >= 11 is 0. The van der Waals surface area contributed by atoms with Crippen LogP contribution in [0.1, 0.15) is 12.3 Å². The first kappa shape index (κ1) is 19.8. The van der Waals surface area contributed by atoms with Crippen LogP contribution in [0.3, 0.4) is 0 Å². The molecule has 0 aliphatic rings. The van der Waals surface area contributed by atoms with Crippen molar-refractivity contribution in [3.63, 3.8) is 0 Å². The van der Waals surface area contributed by atoms with Gasteiger partial charge in [0.1, 0.15) is 0 Å². The number of anilines is 1. The molecule has 8 heteroatoms. The fraction of sp³-hybridized carbons (Fsp3) is 0.200. The molecule has 1 N–H and O–H groups in total. The standard InChI is InChI=1S/C20H21N3O4S/c1-23(2)28(25,26)17-10-6-9-16(13-17)22-19(24)11-12-20-21-14-18(27-20)15-7-4-3-5-8-15/h3-10,13-14H,11-12H2,1-2H3,(H,22,24). The number of carbonyl (C=O) groups excluding carboxylic acids is 1. The van der Waals surface area contributed by atoms with Crippen LogP contribution in [0.2, 0.25) is 0 Å². The van der Waals surface area contributed by atoms with Crippen LogP contribution in [0, 0.1) is 0 Å². The Morgan fingerprint density at radius 1 is 1.11 bits per heavy atom. The normalized spacial score (nSPS) is 11.5.